The third kappa shape index (κ3) is 3.79. The van der Waals surface area contributed by atoms with E-state index in [1.165, 1.54) is 24.5 Å². The maximum absolute atomic E-state index is 13.5. The Bertz CT molecular complexity index is 730. The number of halogens is 3. The third-order valence-corrected chi connectivity index (χ3v) is 4.89. The summed E-state index contributed by atoms with van der Waals surface area (Å²) in [4.78, 5) is 12.9. The Morgan fingerprint density at radius 3 is 3.00 bits per heavy atom. The number of anilines is 1. The Kier molecular flexibility index (Phi) is 5.00. The highest BCUT2D eigenvalue weighted by Crippen LogP contribution is 2.44. The van der Waals surface area contributed by atoms with Crippen molar-refractivity contribution in [3.05, 3.63) is 34.2 Å². The summed E-state index contributed by atoms with van der Waals surface area (Å²) in [5.74, 6) is -0.349. The molecule has 0 saturated heterocycles. The van der Waals surface area contributed by atoms with Crippen molar-refractivity contribution in [2.45, 2.75) is 24.7 Å². The van der Waals surface area contributed by atoms with Gasteiger partial charge in [0, 0.05) is 31.0 Å². The fraction of sp³-hybridized carbons (Fsp3) is 0.467. The number of hydrogen-bond donors (Lipinski definition) is 2. The molecule has 2 aromatic rings. The van der Waals surface area contributed by atoms with Gasteiger partial charge in [0.15, 0.2) is 11.7 Å². The van der Waals surface area contributed by atoms with Crippen LogP contribution in [-0.4, -0.2) is 42.1 Å². The largest absolute Gasteiger partial charge is 0.410 e. The van der Waals surface area contributed by atoms with Crippen LogP contribution in [0.1, 0.15) is 33.9 Å². The molecule has 136 valence electrons. The van der Waals surface area contributed by atoms with E-state index in [1.54, 1.807) is 12.1 Å². The molecule has 6 nitrogen and oxygen atoms in total. The summed E-state index contributed by atoms with van der Waals surface area (Å²) in [5.41, 5.74) is -0.0558. The van der Waals surface area contributed by atoms with E-state index in [-0.39, 0.29) is 24.5 Å². The molecule has 0 aromatic carbocycles. The lowest BCUT2D eigenvalue weighted by Crippen LogP contribution is -2.35. The van der Waals surface area contributed by atoms with E-state index in [0.717, 1.165) is 9.56 Å². The first kappa shape index (κ1) is 17.7. The standard InChI is InChI=1S/C15H17F3N4O2S/c1-24-5-4-19-14(23)10-8-13-20-9(11-3-2-6-25-11)7-12(15(16,17)18)22(13)21-10/h2-3,6,8-9,12,20H,4-5,7H2,1H3,(H,19,23)/t9-,12+/m1/s1. The Morgan fingerprint density at radius 1 is 1.56 bits per heavy atom. The first-order chi connectivity index (χ1) is 11.9. The number of ether oxygens (including phenoxy) is 1. The van der Waals surface area contributed by atoms with Crippen LogP contribution < -0.4 is 10.6 Å². The van der Waals surface area contributed by atoms with E-state index in [1.807, 2.05) is 5.38 Å². The number of alkyl halides is 3. The van der Waals surface area contributed by atoms with Gasteiger partial charge in [-0.15, -0.1) is 11.3 Å². The van der Waals surface area contributed by atoms with E-state index in [9.17, 15) is 18.0 Å². The number of methoxy groups -OCH3 is 1. The lowest BCUT2D eigenvalue weighted by molar-refractivity contribution is -0.173. The smallest absolute Gasteiger partial charge is 0.383 e. The lowest BCUT2D eigenvalue weighted by Gasteiger charge is -2.32. The van der Waals surface area contributed by atoms with Gasteiger partial charge < -0.3 is 15.4 Å². The highest BCUT2D eigenvalue weighted by atomic mass is 32.1. The van der Waals surface area contributed by atoms with Crippen LogP contribution in [0.15, 0.2) is 23.6 Å². The molecule has 0 aliphatic carbocycles. The van der Waals surface area contributed by atoms with Gasteiger partial charge in [0.2, 0.25) is 0 Å². The van der Waals surface area contributed by atoms with Crippen molar-refractivity contribution in [1.29, 1.82) is 0 Å². The molecule has 10 heteroatoms. The molecule has 0 spiro atoms. The van der Waals surface area contributed by atoms with Crippen LogP contribution >= 0.6 is 11.3 Å². The van der Waals surface area contributed by atoms with Crippen LogP contribution in [0.2, 0.25) is 0 Å². The molecule has 1 amide bonds. The van der Waals surface area contributed by atoms with Gasteiger partial charge in [-0.2, -0.15) is 18.3 Å². The summed E-state index contributed by atoms with van der Waals surface area (Å²) < 4.78 is 46.2. The van der Waals surface area contributed by atoms with Gasteiger partial charge in [-0.1, -0.05) is 6.07 Å². The summed E-state index contributed by atoms with van der Waals surface area (Å²) >= 11 is 1.39. The van der Waals surface area contributed by atoms with E-state index in [0.29, 0.717) is 6.61 Å². The predicted octanol–water partition coefficient (Wildman–Crippen LogP) is 2.98. The number of carbonyl (C=O) groups is 1. The normalized spacial score (nSPS) is 20.0. The van der Waals surface area contributed by atoms with Gasteiger partial charge in [0.25, 0.3) is 5.91 Å². The minimum Gasteiger partial charge on any atom is -0.383 e. The average Bonchev–Trinajstić information content (AvgIpc) is 3.22. The van der Waals surface area contributed by atoms with Gasteiger partial charge in [-0.25, -0.2) is 4.68 Å². The SMILES string of the molecule is COCCNC(=O)c1cc2n(n1)[C@H](C(F)(F)F)C[C@H](c1cccs1)N2. The van der Waals surface area contributed by atoms with Gasteiger partial charge in [-0.3, -0.25) is 4.79 Å². The summed E-state index contributed by atoms with van der Waals surface area (Å²) in [6.07, 6.45) is -4.63. The molecule has 1 aliphatic rings. The number of amides is 1. The number of aromatic nitrogens is 2. The maximum Gasteiger partial charge on any atom is 0.410 e. The van der Waals surface area contributed by atoms with Crippen molar-refractivity contribution in [2.24, 2.45) is 0 Å². The monoisotopic (exact) mass is 374 g/mol. The quantitative estimate of drug-likeness (QED) is 0.790. The molecule has 2 N–H and O–H groups in total. The van der Waals surface area contributed by atoms with E-state index in [2.05, 4.69) is 15.7 Å². The molecule has 3 heterocycles. The number of fused-ring (bicyclic) bond motifs is 1. The number of nitrogens with zero attached hydrogens (tertiary/aromatic N) is 2. The molecule has 0 saturated carbocycles. The van der Waals surface area contributed by atoms with Crippen LogP contribution in [0.3, 0.4) is 0 Å². The number of nitrogens with one attached hydrogen (secondary N) is 2. The average molecular weight is 374 g/mol. The lowest BCUT2D eigenvalue weighted by atomic mass is 10.0. The number of rotatable bonds is 5. The van der Waals surface area contributed by atoms with Crippen molar-refractivity contribution in [3.8, 4) is 0 Å². The van der Waals surface area contributed by atoms with Crippen LogP contribution in [0.25, 0.3) is 0 Å². The van der Waals surface area contributed by atoms with Gasteiger partial charge >= 0.3 is 6.18 Å². The van der Waals surface area contributed by atoms with Crippen molar-refractivity contribution in [3.63, 3.8) is 0 Å². The molecule has 0 bridgehead atoms. The number of thiophene rings is 1. The molecule has 25 heavy (non-hydrogen) atoms. The fourth-order valence-electron chi connectivity index (χ4n) is 2.72. The van der Waals surface area contributed by atoms with Gasteiger partial charge in [0.1, 0.15) is 5.82 Å². The number of carbonyl (C=O) groups excluding carboxylic acids is 1. The van der Waals surface area contributed by atoms with Crippen LogP contribution in [0.4, 0.5) is 19.0 Å². The molecule has 0 unspecified atom stereocenters. The molecular formula is C15H17F3N4O2S. The minimum atomic E-state index is -4.46. The van der Waals surface area contributed by atoms with E-state index in [4.69, 9.17) is 4.74 Å². The fourth-order valence-corrected chi connectivity index (χ4v) is 3.51. The number of hydrogen-bond acceptors (Lipinski definition) is 5. The molecule has 3 rings (SSSR count). The summed E-state index contributed by atoms with van der Waals surface area (Å²) in [5, 5.41) is 11.3. The molecule has 0 radical (unpaired) electrons. The minimum absolute atomic E-state index is 0.0558. The summed E-state index contributed by atoms with van der Waals surface area (Å²) in [6, 6.07) is 2.68. The second kappa shape index (κ2) is 7.04. The Morgan fingerprint density at radius 2 is 2.36 bits per heavy atom. The highest BCUT2D eigenvalue weighted by Gasteiger charge is 2.47. The Balaban J connectivity index is 1.87. The second-order valence-corrected chi connectivity index (χ2v) is 6.59. The predicted molar refractivity (Wildman–Crippen MR) is 86.8 cm³/mol. The summed E-state index contributed by atoms with van der Waals surface area (Å²) in [7, 11) is 1.49. The Hall–Kier alpha value is -2.07. The summed E-state index contributed by atoms with van der Waals surface area (Å²) in [6.45, 7) is 0.564. The van der Waals surface area contributed by atoms with Crippen molar-refractivity contribution >= 4 is 23.1 Å². The molecule has 0 fully saturated rings. The zero-order chi connectivity index (χ0) is 18.0. The van der Waals surface area contributed by atoms with Gasteiger partial charge in [-0.05, 0) is 11.4 Å². The zero-order valence-electron chi connectivity index (χ0n) is 13.3. The van der Waals surface area contributed by atoms with E-state index < -0.39 is 24.2 Å². The first-order valence-electron chi connectivity index (χ1n) is 7.63. The molecule has 2 aromatic heterocycles. The molecule has 1 aliphatic heterocycles. The van der Waals surface area contributed by atoms with Crippen molar-refractivity contribution in [1.82, 2.24) is 15.1 Å². The van der Waals surface area contributed by atoms with Crippen LogP contribution in [0.5, 0.6) is 0 Å². The van der Waals surface area contributed by atoms with Crippen LogP contribution in [-0.2, 0) is 4.74 Å². The van der Waals surface area contributed by atoms with E-state index >= 15 is 0 Å². The third-order valence-electron chi connectivity index (χ3n) is 3.90. The van der Waals surface area contributed by atoms with Crippen molar-refractivity contribution < 1.29 is 22.7 Å². The van der Waals surface area contributed by atoms with Gasteiger partial charge in [0.05, 0.1) is 12.6 Å². The maximum atomic E-state index is 13.5. The van der Waals surface area contributed by atoms with Crippen molar-refractivity contribution in [2.75, 3.05) is 25.6 Å². The van der Waals surface area contributed by atoms with Crippen LogP contribution in [0, 0.1) is 0 Å². The zero-order valence-corrected chi connectivity index (χ0v) is 14.2. The Labute approximate surface area is 146 Å². The molecule has 2 atom stereocenters. The molecular weight excluding hydrogens is 357 g/mol. The first-order valence-corrected chi connectivity index (χ1v) is 8.51. The topological polar surface area (TPSA) is 68.2 Å². The second-order valence-electron chi connectivity index (χ2n) is 5.61. The highest BCUT2D eigenvalue weighted by molar-refractivity contribution is 7.10.